The molecule has 0 spiro atoms. The molecular formula is C28H32N6O2. The summed E-state index contributed by atoms with van der Waals surface area (Å²) < 4.78 is 11.8. The molecular weight excluding hydrogens is 452 g/mol. The molecule has 0 fully saturated rings. The Hall–Kier alpha value is -4.04. The molecule has 0 aromatic heterocycles. The number of nitrogens with two attached hydrogens (primary N) is 3. The molecule has 5 rings (SSSR count). The fourth-order valence-electron chi connectivity index (χ4n) is 4.57. The van der Waals surface area contributed by atoms with E-state index in [1.807, 2.05) is 68.4 Å². The van der Waals surface area contributed by atoms with E-state index in [4.69, 9.17) is 26.7 Å². The van der Waals surface area contributed by atoms with Gasteiger partial charge in [0.25, 0.3) is 0 Å². The van der Waals surface area contributed by atoms with Crippen LogP contribution in [-0.2, 0) is 12.0 Å². The molecule has 0 amide bonds. The number of nitrogens with one attached hydrogen (secondary N) is 1. The maximum absolute atomic E-state index is 7.26. The first-order valence-electron chi connectivity index (χ1n) is 12.1. The van der Waals surface area contributed by atoms with Gasteiger partial charge in [0.1, 0.15) is 34.5 Å². The normalized spacial score (nSPS) is 20.9. The number of benzene rings is 3. The van der Waals surface area contributed by atoms with Crippen molar-refractivity contribution in [3.8, 4) is 11.5 Å². The molecule has 3 aromatic rings. The van der Waals surface area contributed by atoms with Gasteiger partial charge in [0.2, 0.25) is 0 Å². The minimum Gasteiger partial charge on any atom is -0.481 e. The van der Waals surface area contributed by atoms with Gasteiger partial charge in [0.05, 0.1) is 5.54 Å². The number of rotatable bonds is 6. The van der Waals surface area contributed by atoms with Crippen molar-refractivity contribution in [3.63, 3.8) is 0 Å². The standard InChI is InChI=1S/C28H32N6O2/c1-16-26(29)33-22-13-20(9-11-24(22)35-16)28(31,15-19-7-5-4-6-8-19)18(3)32-21-10-12-25-23(14-21)34-27(30)17(2)36-25/h4-14,16-18,32H,15,31H2,1-3H3,(H2,29,33)(H2,30,34). The summed E-state index contributed by atoms with van der Waals surface area (Å²) >= 11 is 0. The third kappa shape index (κ3) is 4.47. The van der Waals surface area contributed by atoms with Crippen molar-refractivity contribution in [1.82, 2.24) is 0 Å². The van der Waals surface area contributed by atoms with E-state index in [1.54, 1.807) is 0 Å². The van der Waals surface area contributed by atoms with Crippen molar-refractivity contribution >= 4 is 28.7 Å². The maximum Gasteiger partial charge on any atom is 0.153 e. The molecule has 4 unspecified atom stereocenters. The van der Waals surface area contributed by atoms with E-state index < -0.39 is 5.54 Å². The topological polar surface area (TPSA) is 133 Å². The molecule has 8 nitrogen and oxygen atoms in total. The predicted molar refractivity (Wildman–Crippen MR) is 145 cm³/mol. The molecule has 0 aliphatic carbocycles. The summed E-state index contributed by atoms with van der Waals surface area (Å²) in [6.45, 7) is 5.84. The smallest absolute Gasteiger partial charge is 0.153 e. The molecule has 0 saturated carbocycles. The first-order valence-corrected chi connectivity index (χ1v) is 12.1. The summed E-state index contributed by atoms with van der Waals surface area (Å²) in [5.41, 5.74) is 22.8. The van der Waals surface area contributed by atoms with Gasteiger partial charge in [0, 0.05) is 11.7 Å². The van der Waals surface area contributed by atoms with E-state index in [9.17, 15) is 0 Å². The Morgan fingerprint density at radius 2 is 1.44 bits per heavy atom. The van der Waals surface area contributed by atoms with E-state index in [0.29, 0.717) is 41.0 Å². The average Bonchev–Trinajstić information content (AvgIpc) is 2.86. The number of amidine groups is 2. The van der Waals surface area contributed by atoms with Gasteiger partial charge in [-0.3, -0.25) is 0 Å². The molecule has 2 aliphatic heterocycles. The summed E-state index contributed by atoms with van der Waals surface area (Å²) in [7, 11) is 0. The highest BCUT2D eigenvalue weighted by atomic mass is 16.5. The van der Waals surface area contributed by atoms with Crippen LogP contribution in [0.4, 0.5) is 17.1 Å². The van der Waals surface area contributed by atoms with Crippen molar-refractivity contribution in [2.75, 3.05) is 5.32 Å². The monoisotopic (exact) mass is 484 g/mol. The Morgan fingerprint density at radius 3 is 2.08 bits per heavy atom. The lowest BCUT2D eigenvalue weighted by molar-refractivity contribution is 0.281. The summed E-state index contributed by atoms with van der Waals surface area (Å²) in [5.74, 6) is 2.30. The van der Waals surface area contributed by atoms with Crippen LogP contribution in [0.25, 0.3) is 0 Å². The summed E-state index contributed by atoms with van der Waals surface area (Å²) in [4.78, 5) is 9.07. The van der Waals surface area contributed by atoms with Crippen LogP contribution in [0.2, 0.25) is 0 Å². The van der Waals surface area contributed by atoms with Crippen molar-refractivity contribution in [2.45, 2.75) is 51.0 Å². The predicted octanol–water partition coefficient (Wildman–Crippen LogP) is 4.12. The average molecular weight is 485 g/mol. The second-order valence-electron chi connectivity index (χ2n) is 9.53. The highest BCUT2D eigenvalue weighted by Gasteiger charge is 2.36. The summed E-state index contributed by atoms with van der Waals surface area (Å²) in [6, 6.07) is 21.7. The van der Waals surface area contributed by atoms with Gasteiger partial charge in [-0.05, 0) is 68.7 Å². The molecule has 0 bridgehead atoms. The Labute approximate surface area is 211 Å². The first-order chi connectivity index (χ1) is 17.2. The fourth-order valence-corrected chi connectivity index (χ4v) is 4.57. The number of fused-ring (bicyclic) bond motifs is 2. The van der Waals surface area contributed by atoms with Crippen molar-refractivity contribution < 1.29 is 9.47 Å². The molecule has 0 saturated heterocycles. The fraction of sp³-hybridized carbons (Fsp3) is 0.286. The van der Waals surface area contributed by atoms with Gasteiger partial charge >= 0.3 is 0 Å². The zero-order valence-corrected chi connectivity index (χ0v) is 20.7. The van der Waals surface area contributed by atoms with Gasteiger partial charge in [-0.2, -0.15) is 0 Å². The SMILES string of the molecule is CC1Oc2ccc(NC(C)C(N)(Cc3ccccc3)c3ccc4c(c3)N=C(N)C(C)O4)cc2N=C1N. The molecule has 0 radical (unpaired) electrons. The molecule has 186 valence electrons. The zero-order chi connectivity index (χ0) is 25.4. The molecule has 4 atom stereocenters. The van der Waals surface area contributed by atoms with Crippen molar-refractivity contribution in [3.05, 3.63) is 77.9 Å². The van der Waals surface area contributed by atoms with Crippen LogP contribution < -0.4 is 32.0 Å². The Morgan fingerprint density at radius 1 is 0.861 bits per heavy atom. The van der Waals surface area contributed by atoms with Crippen molar-refractivity contribution in [1.29, 1.82) is 0 Å². The number of hydrogen-bond acceptors (Lipinski definition) is 8. The number of nitrogens with zero attached hydrogens (tertiary/aromatic N) is 2. The minimum atomic E-state index is -0.785. The highest BCUT2D eigenvalue weighted by Crippen LogP contribution is 2.39. The van der Waals surface area contributed by atoms with Gasteiger partial charge in [0.15, 0.2) is 12.2 Å². The van der Waals surface area contributed by atoms with Crippen LogP contribution in [0.1, 0.15) is 31.9 Å². The number of aliphatic imine (C=N–C) groups is 2. The molecule has 2 heterocycles. The number of hydrogen-bond donors (Lipinski definition) is 4. The van der Waals surface area contributed by atoms with Crippen LogP contribution >= 0.6 is 0 Å². The summed E-state index contributed by atoms with van der Waals surface area (Å²) in [5, 5.41) is 3.59. The lowest BCUT2D eigenvalue weighted by Crippen LogP contribution is -2.52. The van der Waals surface area contributed by atoms with Crippen LogP contribution in [-0.4, -0.2) is 29.9 Å². The second kappa shape index (κ2) is 9.20. The minimum absolute atomic E-state index is 0.177. The third-order valence-corrected chi connectivity index (χ3v) is 6.89. The highest BCUT2D eigenvalue weighted by molar-refractivity contribution is 5.90. The van der Waals surface area contributed by atoms with Crippen LogP contribution in [0, 0.1) is 0 Å². The molecule has 7 N–H and O–H groups in total. The van der Waals surface area contributed by atoms with Gasteiger partial charge in [-0.15, -0.1) is 0 Å². The molecule has 8 heteroatoms. The summed E-state index contributed by atoms with van der Waals surface area (Å²) in [6.07, 6.45) is 0.0996. The van der Waals surface area contributed by atoms with Crippen molar-refractivity contribution in [2.24, 2.45) is 27.2 Å². The van der Waals surface area contributed by atoms with E-state index in [2.05, 4.69) is 34.4 Å². The van der Waals surface area contributed by atoms with Gasteiger partial charge in [-0.1, -0.05) is 36.4 Å². The van der Waals surface area contributed by atoms with E-state index in [-0.39, 0.29) is 18.2 Å². The zero-order valence-electron chi connectivity index (χ0n) is 20.7. The Bertz CT molecular complexity index is 1340. The van der Waals surface area contributed by atoms with Crippen LogP contribution in [0.15, 0.2) is 76.7 Å². The van der Waals surface area contributed by atoms with E-state index in [0.717, 1.165) is 16.8 Å². The third-order valence-electron chi connectivity index (χ3n) is 6.89. The second-order valence-corrected chi connectivity index (χ2v) is 9.53. The molecule has 2 aliphatic rings. The lowest BCUT2D eigenvalue weighted by atomic mass is 9.78. The number of anilines is 1. The first kappa shape index (κ1) is 23.7. The molecule has 3 aromatic carbocycles. The quantitative estimate of drug-likeness (QED) is 0.416. The molecule has 36 heavy (non-hydrogen) atoms. The maximum atomic E-state index is 7.26. The van der Waals surface area contributed by atoms with E-state index in [1.165, 1.54) is 0 Å². The van der Waals surface area contributed by atoms with Gasteiger partial charge < -0.3 is 32.0 Å². The number of ether oxygens (including phenoxy) is 2. The van der Waals surface area contributed by atoms with Crippen LogP contribution in [0.3, 0.4) is 0 Å². The van der Waals surface area contributed by atoms with E-state index >= 15 is 0 Å². The Kier molecular flexibility index (Phi) is 6.05. The largest absolute Gasteiger partial charge is 0.481 e. The lowest BCUT2D eigenvalue weighted by Gasteiger charge is -2.38. The Balaban J connectivity index is 1.50. The van der Waals surface area contributed by atoms with Gasteiger partial charge in [-0.25, -0.2) is 9.98 Å². The van der Waals surface area contributed by atoms with Crippen LogP contribution in [0.5, 0.6) is 11.5 Å².